The van der Waals surface area contributed by atoms with Gasteiger partial charge in [-0.15, -0.1) is 0 Å². The van der Waals surface area contributed by atoms with Gasteiger partial charge in [-0.2, -0.15) is 0 Å². The molecule has 0 aliphatic rings. The highest BCUT2D eigenvalue weighted by Crippen LogP contribution is 2.40. The average molecular weight is 212 g/mol. The minimum atomic E-state index is -1.57. The summed E-state index contributed by atoms with van der Waals surface area (Å²) in [6.45, 7) is 0. The molecule has 8 heavy (non-hydrogen) atoms. The number of hydrogen-bond acceptors (Lipinski definition) is 2. The number of thiol groups is 1. The Kier molecular flexibility index (Phi) is 3.95. The second kappa shape index (κ2) is 3.42. The van der Waals surface area contributed by atoms with Crippen LogP contribution in [0.3, 0.4) is 0 Å². The summed E-state index contributed by atoms with van der Waals surface area (Å²) in [6, 6.07) is 0. The second-order valence-electron chi connectivity index (χ2n) is 0.814. The van der Waals surface area contributed by atoms with Gasteiger partial charge in [0.1, 0.15) is 0 Å². The molecule has 0 unspecified atom stereocenters. The van der Waals surface area contributed by atoms with E-state index in [-0.39, 0.29) is 0 Å². The maximum atomic E-state index is 10.0. The SMILES string of the molecule is O=C(S)SC(Cl)(Cl)Cl. The highest BCUT2D eigenvalue weighted by molar-refractivity contribution is 8.34. The molecule has 48 valence electrons. The molecular formula is C2HCl3OS2. The van der Waals surface area contributed by atoms with E-state index in [0.29, 0.717) is 11.8 Å². The Morgan fingerprint density at radius 1 is 1.50 bits per heavy atom. The average Bonchev–Trinajstić information content (AvgIpc) is 1.21. The van der Waals surface area contributed by atoms with Gasteiger partial charge in [0, 0.05) is 0 Å². The Morgan fingerprint density at radius 3 is 1.88 bits per heavy atom. The first-order valence-corrected chi connectivity index (χ1v) is 3.80. The lowest BCUT2D eigenvalue weighted by molar-refractivity contribution is 0.277. The third kappa shape index (κ3) is 7.24. The summed E-state index contributed by atoms with van der Waals surface area (Å²) in [5.74, 6) is 0. The van der Waals surface area contributed by atoms with Gasteiger partial charge < -0.3 is 0 Å². The third-order valence-corrected chi connectivity index (χ3v) is 1.58. The van der Waals surface area contributed by atoms with Gasteiger partial charge in [0.2, 0.25) is 7.57 Å². The standard InChI is InChI=1S/C2HCl3OS2/c3-2(4,5)8-1(6)7/h(H,6,7). The van der Waals surface area contributed by atoms with E-state index in [4.69, 9.17) is 34.8 Å². The van der Waals surface area contributed by atoms with E-state index in [9.17, 15) is 4.79 Å². The van der Waals surface area contributed by atoms with Crippen LogP contribution in [0, 0.1) is 0 Å². The van der Waals surface area contributed by atoms with Crippen molar-refractivity contribution in [3.63, 3.8) is 0 Å². The molecule has 0 spiro atoms. The number of alkyl halides is 3. The van der Waals surface area contributed by atoms with Crippen molar-refractivity contribution >= 4 is 63.6 Å². The Hall–Kier alpha value is 1.24. The predicted octanol–water partition coefficient (Wildman–Crippen LogP) is 3.10. The van der Waals surface area contributed by atoms with Crippen molar-refractivity contribution in [2.24, 2.45) is 0 Å². The summed E-state index contributed by atoms with van der Waals surface area (Å²) in [4.78, 5) is 10.0. The number of thioether (sulfide) groups is 1. The normalized spacial score (nSPS) is 11.5. The number of rotatable bonds is 0. The topological polar surface area (TPSA) is 17.1 Å². The molecule has 0 aliphatic carbocycles. The molecule has 0 aliphatic heterocycles. The van der Waals surface area contributed by atoms with E-state index in [1.807, 2.05) is 0 Å². The maximum absolute atomic E-state index is 10.0. The molecule has 0 radical (unpaired) electrons. The van der Waals surface area contributed by atoms with E-state index in [0.717, 1.165) is 0 Å². The molecule has 0 fully saturated rings. The molecule has 0 aromatic heterocycles. The minimum Gasteiger partial charge on any atom is -0.275 e. The first-order chi connectivity index (χ1) is 3.42. The molecule has 0 bridgehead atoms. The van der Waals surface area contributed by atoms with Crippen molar-refractivity contribution in [3.05, 3.63) is 0 Å². The molecule has 0 saturated carbocycles. The minimum absolute atomic E-state index is 0.509. The van der Waals surface area contributed by atoms with Gasteiger partial charge in [-0.05, 0) is 11.8 Å². The van der Waals surface area contributed by atoms with Gasteiger partial charge in [-0.3, -0.25) is 4.79 Å². The molecule has 0 N–H and O–H groups in total. The van der Waals surface area contributed by atoms with Gasteiger partial charge in [-0.1, -0.05) is 47.4 Å². The van der Waals surface area contributed by atoms with Crippen LogP contribution in [0.4, 0.5) is 4.79 Å². The highest BCUT2D eigenvalue weighted by Gasteiger charge is 2.22. The maximum Gasteiger partial charge on any atom is 0.247 e. The number of carbonyl (C=O) groups excluding carboxylic acids is 1. The lowest BCUT2D eigenvalue weighted by Gasteiger charge is -2.03. The van der Waals surface area contributed by atoms with Crippen molar-refractivity contribution in [2.45, 2.75) is 3.12 Å². The predicted molar refractivity (Wildman–Crippen MR) is 42.3 cm³/mol. The monoisotopic (exact) mass is 210 g/mol. The molecule has 0 heterocycles. The van der Waals surface area contributed by atoms with Crippen LogP contribution in [0.15, 0.2) is 0 Å². The van der Waals surface area contributed by atoms with E-state index >= 15 is 0 Å². The van der Waals surface area contributed by atoms with Crippen LogP contribution in [0.2, 0.25) is 0 Å². The van der Waals surface area contributed by atoms with Crippen LogP contribution < -0.4 is 0 Å². The molecular weight excluding hydrogens is 211 g/mol. The van der Waals surface area contributed by atoms with Gasteiger partial charge in [0.05, 0.1) is 0 Å². The highest BCUT2D eigenvalue weighted by atomic mass is 35.6. The van der Waals surface area contributed by atoms with Crippen molar-refractivity contribution in [1.82, 2.24) is 0 Å². The fourth-order valence-corrected chi connectivity index (χ4v) is 1.82. The zero-order valence-corrected chi connectivity index (χ0v) is 7.38. The van der Waals surface area contributed by atoms with E-state index in [2.05, 4.69) is 12.6 Å². The molecule has 0 rings (SSSR count). The summed E-state index contributed by atoms with van der Waals surface area (Å²) in [5.41, 5.74) is 0. The zero-order valence-electron chi connectivity index (χ0n) is 3.40. The number of carbonyl (C=O) groups is 1. The molecule has 0 amide bonds. The summed E-state index contributed by atoms with van der Waals surface area (Å²) in [7, 11) is 0. The van der Waals surface area contributed by atoms with Gasteiger partial charge in [-0.25, -0.2) is 0 Å². The fourth-order valence-electron chi connectivity index (χ4n) is 0.0990. The lowest BCUT2D eigenvalue weighted by Crippen LogP contribution is -1.94. The van der Waals surface area contributed by atoms with Crippen molar-refractivity contribution < 1.29 is 4.79 Å². The first-order valence-electron chi connectivity index (χ1n) is 1.40. The van der Waals surface area contributed by atoms with Crippen LogP contribution in [0.1, 0.15) is 0 Å². The summed E-state index contributed by atoms with van der Waals surface area (Å²) in [6.07, 6.45) is 0. The molecule has 0 saturated heterocycles. The molecule has 0 aromatic carbocycles. The van der Waals surface area contributed by atoms with Crippen LogP contribution in [0.25, 0.3) is 0 Å². The Labute approximate surface area is 71.5 Å². The van der Waals surface area contributed by atoms with Gasteiger partial charge in [0.15, 0.2) is 0 Å². The number of hydrogen-bond donors (Lipinski definition) is 1. The number of halogens is 3. The first kappa shape index (κ1) is 9.24. The molecule has 6 heteroatoms. The van der Waals surface area contributed by atoms with Gasteiger partial charge >= 0.3 is 0 Å². The van der Waals surface area contributed by atoms with Crippen LogP contribution >= 0.6 is 59.2 Å². The summed E-state index contributed by atoms with van der Waals surface area (Å²) >= 11 is 19.4. The Morgan fingerprint density at radius 2 is 1.88 bits per heavy atom. The quantitative estimate of drug-likeness (QED) is 0.490. The van der Waals surface area contributed by atoms with E-state index in [1.54, 1.807) is 0 Å². The van der Waals surface area contributed by atoms with Crippen LogP contribution in [0.5, 0.6) is 0 Å². The van der Waals surface area contributed by atoms with Crippen LogP contribution in [-0.2, 0) is 0 Å². The van der Waals surface area contributed by atoms with Crippen LogP contribution in [-0.4, -0.2) is 7.57 Å². The lowest BCUT2D eigenvalue weighted by atomic mass is 11.8. The fraction of sp³-hybridized carbons (Fsp3) is 0.500. The van der Waals surface area contributed by atoms with Gasteiger partial charge in [0.25, 0.3) is 0 Å². The smallest absolute Gasteiger partial charge is 0.247 e. The summed E-state index contributed by atoms with van der Waals surface area (Å²) in [5, 5.41) is 0. The zero-order chi connectivity index (χ0) is 6.78. The Bertz CT molecular complexity index is 97.9. The van der Waals surface area contributed by atoms with E-state index < -0.39 is 7.57 Å². The molecule has 0 atom stereocenters. The second-order valence-corrected chi connectivity index (χ2v) is 5.66. The van der Waals surface area contributed by atoms with Crippen molar-refractivity contribution in [2.75, 3.05) is 0 Å². The van der Waals surface area contributed by atoms with Crippen molar-refractivity contribution in [1.29, 1.82) is 0 Å². The largest absolute Gasteiger partial charge is 0.275 e. The Balaban J connectivity index is 3.55. The van der Waals surface area contributed by atoms with Crippen molar-refractivity contribution in [3.8, 4) is 0 Å². The molecule has 1 nitrogen and oxygen atoms in total. The summed E-state index contributed by atoms with van der Waals surface area (Å²) < 4.78 is -2.08. The molecule has 0 aromatic rings. The van der Waals surface area contributed by atoms with E-state index in [1.165, 1.54) is 0 Å². The third-order valence-electron chi connectivity index (χ3n) is 0.203.